The average molecular weight is 427 g/mol. The van der Waals surface area contributed by atoms with Crippen molar-refractivity contribution in [3.63, 3.8) is 0 Å². The zero-order valence-electron chi connectivity index (χ0n) is 17.1. The number of hydrogen-bond donors (Lipinski definition) is 2. The summed E-state index contributed by atoms with van der Waals surface area (Å²) >= 11 is 0. The third-order valence-corrected chi connectivity index (χ3v) is 5.36. The Bertz CT molecular complexity index is 1070. The molecule has 162 valence electrons. The summed E-state index contributed by atoms with van der Waals surface area (Å²) in [4.78, 5) is 17.4. The van der Waals surface area contributed by atoms with Crippen LogP contribution in [0, 0.1) is 24.5 Å². The second-order valence-corrected chi connectivity index (χ2v) is 7.85. The molecule has 1 aliphatic rings. The number of nitrogens with one attached hydrogen (secondary N) is 1. The normalized spacial score (nSPS) is 14.6. The van der Waals surface area contributed by atoms with Crippen LogP contribution in [0.1, 0.15) is 24.8 Å². The van der Waals surface area contributed by atoms with Crippen molar-refractivity contribution in [1.82, 2.24) is 14.8 Å². The Kier molecular flexibility index (Phi) is 5.83. The van der Waals surface area contributed by atoms with Gasteiger partial charge in [0, 0.05) is 37.0 Å². The highest BCUT2D eigenvalue weighted by molar-refractivity contribution is 5.67. The van der Waals surface area contributed by atoms with E-state index in [1.54, 1.807) is 0 Å². The van der Waals surface area contributed by atoms with Crippen molar-refractivity contribution in [3.8, 4) is 5.69 Å². The van der Waals surface area contributed by atoms with E-state index in [4.69, 9.17) is 5.11 Å². The number of anilines is 3. The van der Waals surface area contributed by atoms with Crippen LogP contribution in [0.3, 0.4) is 0 Å². The molecule has 0 spiro atoms. The maximum absolute atomic E-state index is 13.5. The van der Waals surface area contributed by atoms with Gasteiger partial charge in [0.2, 0.25) is 5.95 Å². The molecule has 7 nitrogen and oxygen atoms in total. The maximum Gasteiger partial charge on any atom is 0.303 e. The lowest BCUT2D eigenvalue weighted by Gasteiger charge is -2.33. The van der Waals surface area contributed by atoms with Gasteiger partial charge in [-0.15, -0.1) is 5.10 Å². The van der Waals surface area contributed by atoms with Gasteiger partial charge in [0.15, 0.2) is 0 Å². The standard InChI is InChI=1S/C22H23F2N5O2/c1-14-6-18(12-19(7-14)28-4-2-15(3-5-28)8-21(30)31)26-22-25-13-29(27-22)20-10-16(23)9-17(24)11-20/h6-7,9-13,15H,2-5,8H2,1H3,(H,26,27)(H,30,31). The molecular weight excluding hydrogens is 404 g/mol. The Balaban J connectivity index is 1.47. The average Bonchev–Trinajstić information content (AvgIpc) is 3.15. The summed E-state index contributed by atoms with van der Waals surface area (Å²) in [5, 5.41) is 16.4. The molecule has 2 heterocycles. The first-order chi connectivity index (χ1) is 14.9. The second kappa shape index (κ2) is 8.71. The Hall–Kier alpha value is -3.49. The van der Waals surface area contributed by atoms with E-state index in [0.29, 0.717) is 5.95 Å². The summed E-state index contributed by atoms with van der Waals surface area (Å²) in [5.41, 5.74) is 3.14. The molecule has 1 saturated heterocycles. The Labute approximate surface area is 178 Å². The monoisotopic (exact) mass is 427 g/mol. The van der Waals surface area contributed by atoms with Crippen molar-refractivity contribution in [2.45, 2.75) is 26.2 Å². The number of benzene rings is 2. The van der Waals surface area contributed by atoms with Gasteiger partial charge in [0.1, 0.15) is 18.0 Å². The fourth-order valence-corrected chi connectivity index (χ4v) is 3.91. The molecule has 0 radical (unpaired) electrons. The van der Waals surface area contributed by atoms with Crippen LogP contribution in [0.2, 0.25) is 0 Å². The minimum atomic E-state index is -0.742. The third-order valence-electron chi connectivity index (χ3n) is 5.36. The zero-order valence-corrected chi connectivity index (χ0v) is 17.1. The van der Waals surface area contributed by atoms with E-state index in [-0.39, 0.29) is 18.0 Å². The topological polar surface area (TPSA) is 83.3 Å². The molecule has 1 aliphatic heterocycles. The van der Waals surface area contributed by atoms with E-state index in [1.165, 1.54) is 23.1 Å². The molecule has 9 heteroatoms. The molecule has 0 amide bonds. The van der Waals surface area contributed by atoms with Crippen LogP contribution in [0.4, 0.5) is 26.1 Å². The van der Waals surface area contributed by atoms with Gasteiger partial charge in [0.25, 0.3) is 0 Å². The lowest BCUT2D eigenvalue weighted by molar-refractivity contribution is -0.138. The van der Waals surface area contributed by atoms with Gasteiger partial charge >= 0.3 is 5.97 Å². The van der Waals surface area contributed by atoms with Crippen molar-refractivity contribution < 1.29 is 18.7 Å². The van der Waals surface area contributed by atoms with Gasteiger partial charge in [-0.3, -0.25) is 4.79 Å². The summed E-state index contributed by atoms with van der Waals surface area (Å²) in [6, 6.07) is 9.21. The quantitative estimate of drug-likeness (QED) is 0.611. The smallest absolute Gasteiger partial charge is 0.303 e. The lowest BCUT2D eigenvalue weighted by Crippen LogP contribution is -2.34. The first-order valence-corrected chi connectivity index (χ1v) is 10.1. The number of aryl methyl sites for hydroxylation is 1. The molecule has 4 rings (SSSR count). The number of piperidine rings is 1. The Morgan fingerprint density at radius 2 is 1.81 bits per heavy atom. The molecular formula is C22H23F2N5O2. The molecule has 1 aromatic heterocycles. The number of nitrogens with zero attached hydrogens (tertiary/aromatic N) is 4. The number of carboxylic acid groups (broad SMARTS) is 1. The van der Waals surface area contributed by atoms with E-state index in [9.17, 15) is 13.6 Å². The molecule has 1 fully saturated rings. The number of halogens is 2. The highest BCUT2D eigenvalue weighted by Crippen LogP contribution is 2.29. The highest BCUT2D eigenvalue weighted by Gasteiger charge is 2.22. The van der Waals surface area contributed by atoms with E-state index >= 15 is 0 Å². The predicted octanol–water partition coefficient (Wildman–Crippen LogP) is 4.29. The number of hydrogen-bond acceptors (Lipinski definition) is 5. The molecule has 0 atom stereocenters. The zero-order chi connectivity index (χ0) is 22.0. The maximum atomic E-state index is 13.5. The van der Waals surface area contributed by atoms with Crippen molar-refractivity contribution >= 4 is 23.3 Å². The summed E-state index contributed by atoms with van der Waals surface area (Å²) in [6.45, 7) is 3.60. The van der Waals surface area contributed by atoms with Crippen LogP contribution >= 0.6 is 0 Å². The number of aliphatic carboxylic acids is 1. The molecule has 0 bridgehead atoms. The van der Waals surface area contributed by atoms with Crippen LogP contribution in [0.25, 0.3) is 5.69 Å². The summed E-state index contributed by atoms with van der Waals surface area (Å²) in [7, 11) is 0. The lowest BCUT2D eigenvalue weighted by atomic mass is 9.93. The first-order valence-electron chi connectivity index (χ1n) is 10.1. The summed E-state index contributed by atoms with van der Waals surface area (Å²) in [5.74, 6) is -1.59. The molecule has 2 N–H and O–H groups in total. The van der Waals surface area contributed by atoms with Crippen LogP contribution in [0.15, 0.2) is 42.7 Å². The molecule has 3 aromatic rings. The Morgan fingerprint density at radius 1 is 1.10 bits per heavy atom. The Morgan fingerprint density at radius 3 is 2.48 bits per heavy atom. The van der Waals surface area contributed by atoms with E-state index in [0.717, 1.165) is 48.9 Å². The van der Waals surface area contributed by atoms with Crippen LogP contribution in [-0.2, 0) is 4.79 Å². The van der Waals surface area contributed by atoms with E-state index < -0.39 is 17.6 Å². The minimum absolute atomic E-state index is 0.219. The van der Waals surface area contributed by atoms with Gasteiger partial charge in [-0.2, -0.15) is 4.98 Å². The second-order valence-electron chi connectivity index (χ2n) is 7.85. The van der Waals surface area contributed by atoms with Crippen LogP contribution in [0.5, 0.6) is 0 Å². The number of carbonyl (C=O) groups is 1. The molecule has 0 saturated carbocycles. The van der Waals surface area contributed by atoms with Gasteiger partial charge in [-0.1, -0.05) is 0 Å². The van der Waals surface area contributed by atoms with Gasteiger partial charge in [-0.05, 0) is 61.6 Å². The highest BCUT2D eigenvalue weighted by atomic mass is 19.1. The van der Waals surface area contributed by atoms with Crippen LogP contribution in [-0.4, -0.2) is 38.9 Å². The van der Waals surface area contributed by atoms with E-state index in [2.05, 4.69) is 26.4 Å². The first kappa shape index (κ1) is 20.8. The SMILES string of the molecule is Cc1cc(Nc2ncn(-c3cc(F)cc(F)c3)n2)cc(N2CCC(CC(=O)O)CC2)c1. The molecule has 0 aliphatic carbocycles. The minimum Gasteiger partial charge on any atom is -0.481 e. The molecule has 2 aromatic carbocycles. The molecule has 0 unspecified atom stereocenters. The van der Waals surface area contributed by atoms with Gasteiger partial charge < -0.3 is 15.3 Å². The predicted molar refractivity (Wildman–Crippen MR) is 113 cm³/mol. The van der Waals surface area contributed by atoms with Gasteiger partial charge in [-0.25, -0.2) is 13.5 Å². The number of rotatable bonds is 6. The van der Waals surface area contributed by atoms with Gasteiger partial charge in [0.05, 0.1) is 5.69 Å². The molecule has 31 heavy (non-hydrogen) atoms. The number of aromatic nitrogens is 3. The largest absolute Gasteiger partial charge is 0.481 e. The fourth-order valence-electron chi connectivity index (χ4n) is 3.91. The van der Waals surface area contributed by atoms with Crippen molar-refractivity contribution in [1.29, 1.82) is 0 Å². The third kappa shape index (κ3) is 5.17. The fraction of sp³-hybridized carbons (Fsp3) is 0.318. The van der Waals surface area contributed by atoms with Crippen molar-refractivity contribution in [3.05, 3.63) is 59.9 Å². The van der Waals surface area contributed by atoms with Crippen molar-refractivity contribution in [2.75, 3.05) is 23.3 Å². The van der Waals surface area contributed by atoms with Crippen LogP contribution < -0.4 is 10.2 Å². The van der Waals surface area contributed by atoms with E-state index in [1.807, 2.05) is 19.1 Å². The summed E-state index contributed by atoms with van der Waals surface area (Å²) in [6.07, 6.45) is 3.30. The summed E-state index contributed by atoms with van der Waals surface area (Å²) < 4.78 is 28.2. The number of carboxylic acids is 1. The van der Waals surface area contributed by atoms with Crippen molar-refractivity contribution in [2.24, 2.45) is 5.92 Å².